The zero-order valence-electron chi connectivity index (χ0n) is 14.8. The highest BCUT2D eigenvalue weighted by Gasteiger charge is 2.11. The fourth-order valence-electron chi connectivity index (χ4n) is 2.29. The van der Waals surface area contributed by atoms with Gasteiger partial charge >= 0.3 is 6.61 Å². The van der Waals surface area contributed by atoms with Crippen LogP contribution in [-0.2, 0) is 13.0 Å². The van der Waals surface area contributed by atoms with E-state index < -0.39 is 6.61 Å². The first-order valence-corrected chi connectivity index (χ1v) is 9.16. The van der Waals surface area contributed by atoms with Gasteiger partial charge in [-0.3, -0.25) is 0 Å². The Morgan fingerprint density at radius 3 is 2.73 bits per heavy atom. The molecule has 1 aromatic heterocycles. The third kappa shape index (κ3) is 6.51. The molecule has 0 aliphatic heterocycles. The summed E-state index contributed by atoms with van der Waals surface area (Å²) >= 11 is 1.66. The van der Waals surface area contributed by atoms with Crippen molar-refractivity contribution >= 4 is 17.3 Å². The van der Waals surface area contributed by atoms with Crippen LogP contribution in [0, 0.1) is 0 Å². The Kier molecular flexibility index (Phi) is 8.14. The molecule has 0 saturated carbocycles. The number of nitrogens with one attached hydrogen (secondary N) is 2. The molecule has 0 fully saturated rings. The van der Waals surface area contributed by atoms with Gasteiger partial charge in [0.25, 0.3) is 0 Å². The molecule has 0 radical (unpaired) electrons. The monoisotopic (exact) mass is 383 g/mol. The summed E-state index contributed by atoms with van der Waals surface area (Å²) in [7, 11) is 1.42. The fourth-order valence-corrected chi connectivity index (χ4v) is 2.92. The van der Waals surface area contributed by atoms with Crippen LogP contribution < -0.4 is 20.1 Å². The number of thiophene rings is 1. The number of alkyl halides is 2. The van der Waals surface area contributed by atoms with Crippen molar-refractivity contribution in [1.82, 2.24) is 10.6 Å². The Bertz CT molecular complexity index is 694. The molecule has 1 heterocycles. The van der Waals surface area contributed by atoms with Crippen LogP contribution in [0.2, 0.25) is 0 Å². The summed E-state index contributed by atoms with van der Waals surface area (Å²) < 4.78 is 34.5. The maximum Gasteiger partial charge on any atom is 0.387 e. The second-order valence-electron chi connectivity index (χ2n) is 5.32. The molecule has 0 aliphatic rings. The minimum absolute atomic E-state index is 0.0401. The minimum atomic E-state index is -2.89. The molecule has 5 nitrogen and oxygen atoms in total. The van der Waals surface area contributed by atoms with E-state index in [1.807, 2.05) is 30.5 Å². The Balaban J connectivity index is 1.92. The third-order valence-corrected chi connectivity index (χ3v) is 4.33. The number of benzene rings is 1. The summed E-state index contributed by atoms with van der Waals surface area (Å²) in [6.07, 6.45) is 0.632. The summed E-state index contributed by atoms with van der Waals surface area (Å²) in [5.74, 6) is 1.05. The molecular formula is C18H23F2N3O2S. The number of guanidine groups is 1. The number of aliphatic imine (C=N–C) groups is 1. The fraction of sp³-hybridized carbons (Fsp3) is 0.389. The van der Waals surface area contributed by atoms with Crippen LogP contribution in [0.5, 0.6) is 11.5 Å². The SMILES string of the molecule is CCNC(=NCc1cccs1)NCCc1ccc(OC)c(OC(F)F)c1. The summed E-state index contributed by atoms with van der Waals surface area (Å²) in [5.41, 5.74) is 0.864. The quantitative estimate of drug-likeness (QED) is 0.513. The van der Waals surface area contributed by atoms with Crippen molar-refractivity contribution in [2.75, 3.05) is 20.2 Å². The van der Waals surface area contributed by atoms with Crippen molar-refractivity contribution in [3.8, 4) is 11.5 Å². The van der Waals surface area contributed by atoms with Gasteiger partial charge in [0.05, 0.1) is 13.7 Å². The standard InChI is InChI=1S/C18H23F2N3O2S/c1-3-21-18(23-12-14-5-4-10-26-14)22-9-8-13-6-7-15(24-2)16(11-13)25-17(19)20/h4-7,10-11,17H,3,8-9,12H2,1-2H3,(H2,21,22,23). The van der Waals surface area contributed by atoms with E-state index in [0.717, 1.165) is 18.1 Å². The lowest BCUT2D eigenvalue weighted by molar-refractivity contribution is -0.0512. The van der Waals surface area contributed by atoms with Gasteiger partial charge < -0.3 is 20.1 Å². The van der Waals surface area contributed by atoms with Crippen molar-refractivity contribution in [2.45, 2.75) is 26.5 Å². The molecule has 8 heteroatoms. The average molecular weight is 383 g/mol. The van der Waals surface area contributed by atoms with Gasteiger partial charge in [-0.25, -0.2) is 4.99 Å². The largest absolute Gasteiger partial charge is 0.493 e. The Hall–Kier alpha value is -2.35. The molecule has 0 spiro atoms. The topological polar surface area (TPSA) is 54.9 Å². The normalized spacial score (nSPS) is 11.5. The predicted octanol–water partition coefficient (Wildman–Crippen LogP) is 3.66. The first kappa shape index (κ1) is 20.0. The van der Waals surface area contributed by atoms with Crippen LogP contribution in [0.1, 0.15) is 17.4 Å². The summed E-state index contributed by atoms with van der Waals surface area (Å²) in [6, 6.07) is 9.07. The second kappa shape index (κ2) is 10.6. The van der Waals surface area contributed by atoms with Crippen molar-refractivity contribution < 1.29 is 18.3 Å². The number of rotatable bonds is 9. The predicted molar refractivity (Wildman–Crippen MR) is 100 cm³/mol. The molecular weight excluding hydrogens is 360 g/mol. The Labute approximate surface area is 156 Å². The highest BCUT2D eigenvalue weighted by molar-refractivity contribution is 7.09. The lowest BCUT2D eigenvalue weighted by Crippen LogP contribution is -2.38. The summed E-state index contributed by atoms with van der Waals surface area (Å²) in [4.78, 5) is 5.72. The van der Waals surface area contributed by atoms with E-state index in [-0.39, 0.29) is 11.5 Å². The van der Waals surface area contributed by atoms with Gasteiger partial charge in [-0.1, -0.05) is 12.1 Å². The van der Waals surface area contributed by atoms with E-state index in [9.17, 15) is 8.78 Å². The zero-order valence-corrected chi connectivity index (χ0v) is 15.6. The van der Waals surface area contributed by atoms with E-state index in [1.165, 1.54) is 12.0 Å². The molecule has 0 atom stereocenters. The minimum Gasteiger partial charge on any atom is -0.493 e. The molecule has 0 unspecified atom stereocenters. The number of nitrogens with zero attached hydrogens (tertiary/aromatic N) is 1. The molecule has 26 heavy (non-hydrogen) atoms. The van der Waals surface area contributed by atoms with Gasteiger partial charge in [0, 0.05) is 18.0 Å². The van der Waals surface area contributed by atoms with Crippen molar-refractivity contribution in [3.63, 3.8) is 0 Å². The van der Waals surface area contributed by atoms with Crippen LogP contribution in [0.25, 0.3) is 0 Å². The van der Waals surface area contributed by atoms with E-state index in [2.05, 4.69) is 20.4 Å². The van der Waals surface area contributed by atoms with E-state index in [1.54, 1.807) is 23.5 Å². The summed E-state index contributed by atoms with van der Waals surface area (Å²) in [5, 5.41) is 8.45. The van der Waals surface area contributed by atoms with Gasteiger partial charge in [0.1, 0.15) is 0 Å². The third-order valence-electron chi connectivity index (χ3n) is 3.47. The van der Waals surface area contributed by atoms with Crippen molar-refractivity contribution in [1.29, 1.82) is 0 Å². The van der Waals surface area contributed by atoms with Gasteiger partial charge in [0.15, 0.2) is 17.5 Å². The molecule has 2 N–H and O–H groups in total. The molecule has 2 aromatic rings. The van der Waals surface area contributed by atoms with Crippen LogP contribution in [-0.4, -0.2) is 32.8 Å². The maximum absolute atomic E-state index is 12.5. The number of ether oxygens (including phenoxy) is 2. The molecule has 142 valence electrons. The van der Waals surface area contributed by atoms with Gasteiger partial charge in [-0.15, -0.1) is 11.3 Å². The van der Waals surface area contributed by atoms with Crippen LogP contribution in [0.4, 0.5) is 8.78 Å². The first-order chi connectivity index (χ1) is 12.6. The lowest BCUT2D eigenvalue weighted by atomic mass is 10.1. The lowest BCUT2D eigenvalue weighted by Gasteiger charge is -2.13. The van der Waals surface area contributed by atoms with Crippen LogP contribution >= 0.6 is 11.3 Å². The number of hydrogen-bond donors (Lipinski definition) is 2. The van der Waals surface area contributed by atoms with E-state index in [0.29, 0.717) is 19.5 Å². The number of methoxy groups -OCH3 is 1. The van der Waals surface area contributed by atoms with Crippen molar-refractivity contribution in [2.24, 2.45) is 4.99 Å². The number of halogens is 2. The average Bonchev–Trinajstić information content (AvgIpc) is 3.13. The number of hydrogen-bond acceptors (Lipinski definition) is 4. The van der Waals surface area contributed by atoms with Gasteiger partial charge in [-0.05, 0) is 42.5 Å². The smallest absolute Gasteiger partial charge is 0.387 e. The molecule has 0 amide bonds. The van der Waals surface area contributed by atoms with Crippen LogP contribution in [0.15, 0.2) is 40.7 Å². The van der Waals surface area contributed by atoms with Crippen molar-refractivity contribution in [3.05, 3.63) is 46.2 Å². The molecule has 1 aromatic carbocycles. The first-order valence-electron chi connectivity index (χ1n) is 8.28. The van der Waals surface area contributed by atoms with E-state index >= 15 is 0 Å². The molecule has 0 bridgehead atoms. The maximum atomic E-state index is 12.5. The zero-order chi connectivity index (χ0) is 18.8. The highest BCUT2D eigenvalue weighted by Crippen LogP contribution is 2.29. The Morgan fingerprint density at radius 2 is 2.08 bits per heavy atom. The van der Waals surface area contributed by atoms with Crippen LogP contribution in [0.3, 0.4) is 0 Å². The summed E-state index contributed by atoms with van der Waals surface area (Å²) in [6.45, 7) is 1.09. The second-order valence-corrected chi connectivity index (χ2v) is 6.35. The highest BCUT2D eigenvalue weighted by atomic mass is 32.1. The molecule has 0 saturated heterocycles. The van der Waals surface area contributed by atoms with Gasteiger partial charge in [-0.2, -0.15) is 8.78 Å². The molecule has 2 rings (SSSR count). The molecule has 0 aliphatic carbocycles. The van der Waals surface area contributed by atoms with Gasteiger partial charge in [0.2, 0.25) is 0 Å². The van der Waals surface area contributed by atoms with E-state index in [4.69, 9.17) is 4.74 Å². The Morgan fingerprint density at radius 1 is 1.23 bits per heavy atom.